The number of rotatable bonds is 5. The Morgan fingerprint density at radius 1 is 1.00 bits per heavy atom. The Balaban J connectivity index is 1.39. The van der Waals surface area contributed by atoms with E-state index in [9.17, 15) is 18.3 Å². The molecule has 3 aliphatic rings. The maximum atomic E-state index is 13.5. The van der Waals surface area contributed by atoms with Crippen LogP contribution in [0.5, 0.6) is 0 Å². The highest BCUT2D eigenvalue weighted by Crippen LogP contribution is 2.50. The number of sulfone groups is 1. The van der Waals surface area contributed by atoms with Crippen LogP contribution in [0.1, 0.15) is 48.8 Å². The minimum Gasteiger partial charge on any atom is -0.395 e. The van der Waals surface area contributed by atoms with Crippen LogP contribution in [0.4, 0.5) is 0 Å². The Morgan fingerprint density at radius 3 is 2.48 bits per heavy atom. The Labute approximate surface area is 196 Å². The van der Waals surface area contributed by atoms with E-state index >= 15 is 0 Å². The molecule has 2 bridgehead atoms. The lowest BCUT2D eigenvalue weighted by atomic mass is 9.91. The zero-order chi connectivity index (χ0) is 23.2. The fourth-order valence-corrected chi connectivity index (χ4v) is 6.57. The molecular weight excluding hydrogens is 436 g/mol. The minimum absolute atomic E-state index is 0.0650. The Kier molecular flexibility index (Phi) is 6.05. The van der Waals surface area contributed by atoms with Crippen LogP contribution in [0, 0.1) is 5.92 Å². The third-order valence-corrected chi connectivity index (χ3v) is 8.83. The van der Waals surface area contributed by atoms with Crippen LogP contribution < -0.4 is 0 Å². The number of carbonyl (C=O) groups excluding carboxylic acids is 1. The lowest BCUT2D eigenvalue weighted by Crippen LogP contribution is -2.45. The van der Waals surface area contributed by atoms with Gasteiger partial charge in [-0.2, -0.15) is 0 Å². The summed E-state index contributed by atoms with van der Waals surface area (Å²) in [5, 5.41) is 9.17. The standard InChI is InChI=1S/C26H32N2O4S/c1-33(31,32)22-4-2-3-19(15-22)20-5-6-23-21-9-12-28(25(17-21)24(23)16-20)26(30)18-7-10-27(11-8-18)13-14-29/h2-6,15-16,18,21,25,29H,7-14,17H2,1H3/t21-,25+/m1/s1. The number of fused-ring (bicyclic) bond motifs is 5. The first-order valence-corrected chi connectivity index (χ1v) is 13.8. The Hall–Kier alpha value is -2.22. The molecule has 2 heterocycles. The van der Waals surface area contributed by atoms with Gasteiger partial charge in [0, 0.05) is 25.3 Å². The summed E-state index contributed by atoms with van der Waals surface area (Å²) in [6.45, 7) is 3.40. The molecule has 6 nitrogen and oxygen atoms in total. The van der Waals surface area contributed by atoms with E-state index in [0.717, 1.165) is 56.4 Å². The van der Waals surface area contributed by atoms with Gasteiger partial charge in [0.2, 0.25) is 5.91 Å². The number of aliphatic hydroxyl groups excluding tert-OH is 1. The molecule has 2 aliphatic heterocycles. The van der Waals surface area contributed by atoms with Gasteiger partial charge in [0.05, 0.1) is 17.5 Å². The van der Waals surface area contributed by atoms with E-state index in [4.69, 9.17) is 0 Å². The average Bonchev–Trinajstić information content (AvgIpc) is 3.10. The quantitative estimate of drug-likeness (QED) is 0.729. The SMILES string of the molecule is CS(=O)(=O)c1cccc(-c2ccc3c(c2)[C@@H]2C[C@H]3CCN2C(=O)C2CCN(CCO)CC2)c1. The Bertz CT molecular complexity index is 1150. The smallest absolute Gasteiger partial charge is 0.226 e. The van der Waals surface area contributed by atoms with Crippen LogP contribution in [0.25, 0.3) is 11.1 Å². The van der Waals surface area contributed by atoms with Gasteiger partial charge in [-0.05, 0) is 85.1 Å². The third kappa shape index (κ3) is 4.34. The van der Waals surface area contributed by atoms with Gasteiger partial charge in [-0.15, -0.1) is 0 Å². The largest absolute Gasteiger partial charge is 0.395 e. The maximum Gasteiger partial charge on any atom is 0.226 e. The van der Waals surface area contributed by atoms with Gasteiger partial charge in [0.25, 0.3) is 0 Å². The molecule has 0 saturated carbocycles. The molecule has 2 aromatic rings. The molecule has 33 heavy (non-hydrogen) atoms. The average molecular weight is 469 g/mol. The zero-order valence-electron chi connectivity index (χ0n) is 19.1. The van der Waals surface area contributed by atoms with E-state index < -0.39 is 9.84 Å². The van der Waals surface area contributed by atoms with Gasteiger partial charge >= 0.3 is 0 Å². The molecule has 1 amide bonds. The molecule has 0 unspecified atom stereocenters. The van der Waals surface area contributed by atoms with Crippen molar-refractivity contribution < 1.29 is 18.3 Å². The first kappa shape index (κ1) is 22.6. The first-order valence-electron chi connectivity index (χ1n) is 11.9. The number of nitrogens with zero attached hydrogens (tertiary/aromatic N) is 2. The van der Waals surface area contributed by atoms with E-state index in [1.54, 1.807) is 18.2 Å². The van der Waals surface area contributed by atoms with Crippen molar-refractivity contribution in [3.05, 3.63) is 53.6 Å². The fraction of sp³-hybridized carbons (Fsp3) is 0.500. The normalized spacial score (nSPS) is 23.5. The number of aliphatic hydroxyl groups is 1. The second-order valence-corrected chi connectivity index (χ2v) is 11.8. The van der Waals surface area contributed by atoms with E-state index in [-0.39, 0.29) is 24.5 Å². The molecule has 0 radical (unpaired) electrons. The molecule has 1 aliphatic carbocycles. The minimum atomic E-state index is -3.27. The molecule has 2 atom stereocenters. The van der Waals surface area contributed by atoms with E-state index in [2.05, 4.69) is 28.0 Å². The number of hydrogen-bond donors (Lipinski definition) is 1. The van der Waals surface area contributed by atoms with Crippen molar-refractivity contribution in [2.45, 2.75) is 42.5 Å². The lowest BCUT2D eigenvalue weighted by Gasteiger charge is -2.38. The van der Waals surface area contributed by atoms with Crippen molar-refractivity contribution in [1.29, 1.82) is 0 Å². The van der Waals surface area contributed by atoms with Crippen molar-refractivity contribution in [3.8, 4) is 11.1 Å². The van der Waals surface area contributed by atoms with Crippen LogP contribution in [0.2, 0.25) is 0 Å². The zero-order valence-corrected chi connectivity index (χ0v) is 19.9. The summed E-state index contributed by atoms with van der Waals surface area (Å²) in [5.41, 5.74) is 4.45. The van der Waals surface area contributed by atoms with Crippen LogP contribution in [0.15, 0.2) is 47.4 Å². The summed E-state index contributed by atoms with van der Waals surface area (Å²) >= 11 is 0. The number of hydrogen-bond acceptors (Lipinski definition) is 5. The molecule has 2 saturated heterocycles. The highest BCUT2D eigenvalue weighted by atomic mass is 32.2. The maximum absolute atomic E-state index is 13.5. The molecule has 2 aromatic carbocycles. The van der Waals surface area contributed by atoms with Gasteiger partial charge < -0.3 is 14.9 Å². The number of benzene rings is 2. The van der Waals surface area contributed by atoms with Crippen LogP contribution >= 0.6 is 0 Å². The molecule has 2 fully saturated rings. The second kappa shape index (κ2) is 8.85. The number of piperidine rings is 2. The number of carbonyl (C=O) groups is 1. The summed E-state index contributed by atoms with van der Waals surface area (Å²) in [5.74, 6) is 0.839. The van der Waals surface area contributed by atoms with Crippen molar-refractivity contribution in [2.24, 2.45) is 5.92 Å². The predicted molar refractivity (Wildman–Crippen MR) is 128 cm³/mol. The van der Waals surface area contributed by atoms with Gasteiger partial charge in [-0.3, -0.25) is 4.79 Å². The summed E-state index contributed by atoms with van der Waals surface area (Å²) in [7, 11) is -3.27. The molecule has 5 rings (SSSR count). The van der Waals surface area contributed by atoms with Crippen molar-refractivity contribution in [2.75, 3.05) is 39.0 Å². The Morgan fingerprint density at radius 2 is 1.76 bits per heavy atom. The van der Waals surface area contributed by atoms with Crippen molar-refractivity contribution in [1.82, 2.24) is 9.80 Å². The number of β-amino-alcohol motifs (C(OH)–C–C–N with tert-alkyl or cyclic N) is 1. The molecule has 0 spiro atoms. The van der Waals surface area contributed by atoms with Crippen LogP contribution in [0.3, 0.4) is 0 Å². The topological polar surface area (TPSA) is 77.9 Å². The van der Waals surface area contributed by atoms with E-state index in [1.807, 2.05) is 6.07 Å². The summed E-state index contributed by atoms with van der Waals surface area (Å²) in [4.78, 5) is 18.2. The van der Waals surface area contributed by atoms with E-state index in [1.165, 1.54) is 17.4 Å². The highest BCUT2D eigenvalue weighted by molar-refractivity contribution is 7.90. The molecule has 1 N–H and O–H groups in total. The van der Waals surface area contributed by atoms with Gasteiger partial charge in [0.15, 0.2) is 9.84 Å². The fourth-order valence-electron chi connectivity index (χ4n) is 5.91. The molecule has 176 valence electrons. The van der Waals surface area contributed by atoms with Gasteiger partial charge in [-0.25, -0.2) is 8.42 Å². The number of likely N-dealkylation sites (tertiary alicyclic amines) is 2. The van der Waals surface area contributed by atoms with Crippen LogP contribution in [-0.4, -0.2) is 68.3 Å². The summed E-state index contributed by atoms with van der Waals surface area (Å²) < 4.78 is 24.0. The molecule has 0 aromatic heterocycles. The highest BCUT2D eigenvalue weighted by Gasteiger charge is 2.42. The van der Waals surface area contributed by atoms with Crippen molar-refractivity contribution >= 4 is 15.7 Å². The second-order valence-electron chi connectivity index (χ2n) is 9.75. The van der Waals surface area contributed by atoms with Crippen LogP contribution in [-0.2, 0) is 14.6 Å². The van der Waals surface area contributed by atoms with Crippen molar-refractivity contribution in [3.63, 3.8) is 0 Å². The molecular formula is C26H32N2O4S. The number of amides is 1. The first-order chi connectivity index (χ1) is 15.8. The monoisotopic (exact) mass is 468 g/mol. The summed E-state index contributed by atoms with van der Waals surface area (Å²) in [6.07, 6.45) is 4.93. The predicted octanol–water partition coefficient (Wildman–Crippen LogP) is 3.22. The lowest BCUT2D eigenvalue weighted by molar-refractivity contribution is -0.140. The molecule has 7 heteroatoms. The third-order valence-electron chi connectivity index (χ3n) is 7.72. The summed E-state index contributed by atoms with van der Waals surface area (Å²) in [6, 6.07) is 13.7. The van der Waals surface area contributed by atoms with Gasteiger partial charge in [0.1, 0.15) is 0 Å². The van der Waals surface area contributed by atoms with Gasteiger partial charge in [-0.1, -0.05) is 24.3 Å². The van der Waals surface area contributed by atoms with E-state index in [0.29, 0.717) is 17.4 Å².